The van der Waals surface area contributed by atoms with Crippen molar-refractivity contribution in [2.45, 2.75) is 34.7 Å². The van der Waals surface area contributed by atoms with Crippen molar-refractivity contribution in [2.24, 2.45) is 4.99 Å². The Balaban J connectivity index is 0.000000531. The van der Waals surface area contributed by atoms with Crippen LogP contribution >= 0.6 is 0 Å². The number of nitrogens with zero attached hydrogens (tertiary/aromatic N) is 1. The van der Waals surface area contributed by atoms with Crippen LogP contribution in [-0.2, 0) is 6.54 Å². The first-order chi connectivity index (χ1) is 6.36. The SMILES string of the molecule is C.CC.Cc1ccc2c(c1)CN=CN2. The van der Waals surface area contributed by atoms with Crippen LogP contribution in [0.4, 0.5) is 5.69 Å². The number of hydrogen-bond acceptors (Lipinski definition) is 2. The van der Waals surface area contributed by atoms with Crippen molar-refractivity contribution in [1.29, 1.82) is 0 Å². The number of aliphatic imine (C=N–C) groups is 1. The fraction of sp³-hybridized carbons (Fsp3) is 0.417. The topological polar surface area (TPSA) is 24.4 Å². The van der Waals surface area contributed by atoms with E-state index >= 15 is 0 Å². The average molecular weight is 192 g/mol. The fourth-order valence-corrected chi connectivity index (χ4v) is 1.25. The lowest BCUT2D eigenvalue weighted by atomic mass is 10.1. The van der Waals surface area contributed by atoms with Gasteiger partial charge in [0.25, 0.3) is 0 Å². The minimum atomic E-state index is 0. The highest BCUT2D eigenvalue weighted by Crippen LogP contribution is 2.19. The molecular weight excluding hydrogens is 172 g/mol. The van der Waals surface area contributed by atoms with Gasteiger partial charge in [0, 0.05) is 5.69 Å². The van der Waals surface area contributed by atoms with Crippen LogP contribution in [0.15, 0.2) is 23.2 Å². The third-order valence-electron chi connectivity index (χ3n) is 1.83. The fourth-order valence-electron chi connectivity index (χ4n) is 1.25. The predicted octanol–water partition coefficient (Wildman–Crippen LogP) is 3.61. The Morgan fingerprint density at radius 3 is 2.71 bits per heavy atom. The summed E-state index contributed by atoms with van der Waals surface area (Å²) >= 11 is 0. The molecule has 78 valence electrons. The van der Waals surface area contributed by atoms with Gasteiger partial charge in [0.05, 0.1) is 12.9 Å². The molecule has 0 radical (unpaired) electrons. The minimum absolute atomic E-state index is 0. The number of nitrogens with one attached hydrogen (secondary N) is 1. The highest BCUT2D eigenvalue weighted by molar-refractivity contribution is 5.79. The Morgan fingerprint density at radius 1 is 1.29 bits per heavy atom. The zero-order valence-corrected chi connectivity index (χ0v) is 8.46. The molecule has 0 saturated carbocycles. The van der Waals surface area contributed by atoms with Gasteiger partial charge in [-0.05, 0) is 18.6 Å². The molecule has 14 heavy (non-hydrogen) atoms. The van der Waals surface area contributed by atoms with E-state index < -0.39 is 0 Å². The molecule has 0 fully saturated rings. The second-order valence-corrected chi connectivity index (χ2v) is 2.77. The molecule has 1 aliphatic heterocycles. The van der Waals surface area contributed by atoms with Gasteiger partial charge in [-0.1, -0.05) is 39.0 Å². The Kier molecular flexibility index (Phi) is 5.61. The molecule has 0 saturated heterocycles. The van der Waals surface area contributed by atoms with Crippen LogP contribution in [0.5, 0.6) is 0 Å². The summed E-state index contributed by atoms with van der Waals surface area (Å²) in [5.74, 6) is 0. The highest BCUT2D eigenvalue weighted by Gasteiger charge is 2.03. The van der Waals surface area contributed by atoms with Gasteiger partial charge in [-0.2, -0.15) is 0 Å². The van der Waals surface area contributed by atoms with Crippen LogP contribution < -0.4 is 5.32 Å². The summed E-state index contributed by atoms with van der Waals surface area (Å²) in [4.78, 5) is 4.12. The third-order valence-corrected chi connectivity index (χ3v) is 1.83. The lowest BCUT2D eigenvalue weighted by Crippen LogP contribution is -2.04. The van der Waals surface area contributed by atoms with Crippen molar-refractivity contribution < 1.29 is 0 Å². The first-order valence-electron chi connectivity index (χ1n) is 4.70. The maximum Gasteiger partial charge on any atom is 0.0872 e. The van der Waals surface area contributed by atoms with Crippen LogP contribution in [-0.4, -0.2) is 6.34 Å². The molecular formula is C12H20N2. The molecule has 1 aromatic rings. The molecule has 0 amide bonds. The van der Waals surface area contributed by atoms with Gasteiger partial charge in [-0.3, -0.25) is 4.99 Å². The number of hydrogen-bond donors (Lipinski definition) is 1. The number of rotatable bonds is 0. The molecule has 2 heteroatoms. The lowest BCUT2D eigenvalue weighted by molar-refractivity contribution is 1.06. The van der Waals surface area contributed by atoms with Gasteiger partial charge < -0.3 is 5.32 Å². The van der Waals surface area contributed by atoms with Gasteiger partial charge in [0.2, 0.25) is 0 Å². The number of aryl methyl sites for hydroxylation is 1. The maximum atomic E-state index is 4.12. The summed E-state index contributed by atoms with van der Waals surface area (Å²) in [5, 5.41) is 3.10. The first kappa shape index (κ1) is 12.7. The zero-order valence-electron chi connectivity index (χ0n) is 8.46. The van der Waals surface area contributed by atoms with Crippen LogP contribution in [0.1, 0.15) is 32.4 Å². The van der Waals surface area contributed by atoms with Gasteiger partial charge in [-0.15, -0.1) is 0 Å². The molecule has 0 aromatic heterocycles. The Bertz CT molecular complexity index is 303. The van der Waals surface area contributed by atoms with E-state index in [-0.39, 0.29) is 7.43 Å². The van der Waals surface area contributed by atoms with E-state index in [1.807, 2.05) is 13.8 Å². The molecule has 2 rings (SSSR count). The second-order valence-electron chi connectivity index (χ2n) is 2.77. The van der Waals surface area contributed by atoms with Crippen LogP contribution in [0.25, 0.3) is 0 Å². The van der Waals surface area contributed by atoms with E-state index in [9.17, 15) is 0 Å². The van der Waals surface area contributed by atoms with Crippen molar-refractivity contribution in [3.63, 3.8) is 0 Å². The molecule has 0 aliphatic carbocycles. The molecule has 0 spiro atoms. The number of fused-ring (bicyclic) bond motifs is 1. The van der Waals surface area contributed by atoms with E-state index in [0.717, 1.165) is 6.54 Å². The summed E-state index contributed by atoms with van der Waals surface area (Å²) in [6, 6.07) is 6.36. The molecule has 1 N–H and O–H groups in total. The molecule has 0 bridgehead atoms. The van der Waals surface area contributed by atoms with E-state index in [0.29, 0.717) is 0 Å². The van der Waals surface area contributed by atoms with Crippen LogP contribution in [0.3, 0.4) is 0 Å². The highest BCUT2D eigenvalue weighted by atomic mass is 15.0. The number of benzene rings is 1. The monoisotopic (exact) mass is 192 g/mol. The smallest absolute Gasteiger partial charge is 0.0872 e. The summed E-state index contributed by atoms with van der Waals surface area (Å²) in [6.07, 6.45) is 1.75. The largest absolute Gasteiger partial charge is 0.346 e. The van der Waals surface area contributed by atoms with Gasteiger partial charge in [-0.25, -0.2) is 0 Å². The molecule has 0 unspecified atom stereocenters. The minimum Gasteiger partial charge on any atom is -0.346 e. The van der Waals surface area contributed by atoms with E-state index in [1.54, 1.807) is 6.34 Å². The normalized spacial score (nSPS) is 11.4. The first-order valence-corrected chi connectivity index (χ1v) is 4.70. The van der Waals surface area contributed by atoms with Gasteiger partial charge >= 0.3 is 0 Å². The van der Waals surface area contributed by atoms with Gasteiger partial charge in [0.1, 0.15) is 0 Å². The van der Waals surface area contributed by atoms with Crippen molar-refractivity contribution in [3.8, 4) is 0 Å². The van der Waals surface area contributed by atoms with Crippen molar-refractivity contribution in [2.75, 3.05) is 5.32 Å². The summed E-state index contributed by atoms with van der Waals surface area (Å²) in [5.41, 5.74) is 3.76. The standard InChI is InChI=1S/C9H10N2.C2H6.CH4/c1-7-2-3-9-8(4-7)5-10-6-11-9;1-2;/h2-4,6H,5H2,1H3,(H,10,11);1-2H3;1H4. The van der Waals surface area contributed by atoms with E-state index in [1.165, 1.54) is 16.8 Å². The zero-order chi connectivity index (χ0) is 9.68. The third kappa shape index (κ3) is 2.87. The number of anilines is 1. The quantitative estimate of drug-likeness (QED) is 0.667. The molecule has 1 aromatic carbocycles. The summed E-state index contributed by atoms with van der Waals surface area (Å²) < 4.78 is 0. The molecule has 1 aliphatic rings. The Hall–Kier alpha value is -1.31. The maximum absolute atomic E-state index is 4.12. The van der Waals surface area contributed by atoms with E-state index in [2.05, 4.69) is 35.4 Å². The van der Waals surface area contributed by atoms with Gasteiger partial charge in [0.15, 0.2) is 0 Å². The lowest BCUT2D eigenvalue weighted by Gasteiger charge is -2.11. The summed E-state index contributed by atoms with van der Waals surface area (Å²) in [7, 11) is 0. The Morgan fingerprint density at radius 2 is 2.00 bits per heavy atom. The predicted molar refractivity (Wildman–Crippen MR) is 65.1 cm³/mol. The summed E-state index contributed by atoms with van der Waals surface area (Å²) in [6.45, 7) is 6.91. The molecule has 0 atom stereocenters. The van der Waals surface area contributed by atoms with Crippen LogP contribution in [0, 0.1) is 6.92 Å². The molecule has 1 heterocycles. The van der Waals surface area contributed by atoms with Crippen LogP contribution in [0.2, 0.25) is 0 Å². The van der Waals surface area contributed by atoms with Crippen molar-refractivity contribution >= 4 is 12.0 Å². The Labute approximate surface area is 87.1 Å². The second kappa shape index (κ2) is 6.19. The molecule has 2 nitrogen and oxygen atoms in total. The van der Waals surface area contributed by atoms with Crippen molar-refractivity contribution in [1.82, 2.24) is 0 Å². The average Bonchev–Trinajstić information content (AvgIpc) is 2.21. The van der Waals surface area contributed by atoms with E-state index in [4.69, 9.17) is 0 Å². The van der Waals surface area contributed by atoms with Crippen molar-refractivity contribution in [3.05, 3.63) is 29.3 Å².